The highest BCUT2D eigenvalue weighted by atomic mass is 32.1. The number of H-pyrrole nitrogens is 1. The Hall–Kier alpha value is -2.21. The van der Waals surface area contributed by atoms with Gasteiger partial charge in [-0.25, -0.2) is 9.50 Å². The van der Waals surface area contributed by atoms with Gasteiger partial charge in [0.25, 0.3) is 0 Å². The van der Waals surface area contributed by atoms with Gasteiger partial charge in [-0.05, 0) is 5.56 Å². The molecule has 5 nitrogen and oxygen atoms in total. The van der Waals surface area contributed by atoms with Crippen molar-refractivity contribution >= 4 is 16.3 Å². The van der Waals surface area contributed by atoms with Gasteiger partial charge in [-0.15, -0.1) is 16.4 Å². The molecule has 3 rings (SSSR count). The summed E-state index contributed by atoms with van der Waals surface area (Å²) in [6.45, 7) is 0. The van der Waals surface area contributed by atoms with Crippen molar-refractivity contribution in [3.63, 3.8) is 0 Å². The summed E-state index contributed by atoms with van der Waals surface area (Å²) in [6.07, 6.45) is 0. The van der Waals surface area contributed by atoms with E-state index in [9.17, 15) is 9.59 Å². The van der Waals surface area contributed by atoms with Crippen LogP contribution in [0, 0.1) is 0 Å². The van der Waals surface area contributed by atoms with E-state index in [1.165, 1.54) is 15.7 Å². The molecule has 1 N–H and O–H groups in total. The van der Waals surface area contributed by atoms with Crippen LogP contribution in [0.25, 0.3) is 16.2 Å². The fourth-order valence-corrected chi connectivity index (χ4v) is 2.49. The standard InChI is InChI=1S/C11H7N3O2S/c15-9-10(16)14-8(6-17-11(14)13-12-9)7-4-2-1-3-5-7/h1-6H,(H,12,15). The van der Waals surface area contributed by atoms with Crippen molar-refractivity contribution in [2.24, 2.45) is 0 Å². The minimum Gasteiger partial charge on any atom is -0.262 e. The highest BCUT2D eigenvalue weighted by Crippen LogP contribution is 2.22. The first-order valence-corrected chi connectivity index (χ1v) is 5.80. The third-order valence-electron chi connectivity index (χ3n) is 2.43. The number of fused-ring (bicyclic) bond motifs is 1. The first kappa shape index (κ1) is 9.98. The molecule has 6 heteroatoms. The summed E-state index contributed by atoms with van der Waals surface area (Å²) in [6, 6.07) is 9.42. The van der Waals surface area contributed by atoms with Crippen LogP contribution in [0.1, 0.15) is 0 Å². The summed E-state index contributed by atoms with van der Waals surface area (Å²) in [4.78, 5) is 23.5. The zero-order valence-electron chi connectivity index (χ0n) is 8.58. The minimum atomic E-state index is -0.710. The van der Waals surface area contributed by atoms with Crippen molar-refractivity contribution in [1.29, 1.82) is 0 Å². The number of nitrogens with one attached hydrogen (secondary N) is 1. The number of rotatable bonds is 1. The number of hydrogen-bond donors (Lipinski definition) is 1. The van der Waals surface area contributed by atoms with Gasteiger partial charge >= 0.3 is 11.1 Å². The third-order valence-corrected chi connectivity index (χ3v) is 3.25. The molecule has 2 heterocycles. The van der Waals surface area contributed by atoms with E-state index < -0.39 is 11.1 Å². The van der Waals surface area contributed by atoms with Crippen LogP contribution in [0.3, 0.4) is 0 Å². The predicted octanol–water partition coefficient (Wildman–Crippen LogP) is 1.11. The van der Waals surface area contributed by atoms with Gasteiger partial charge in [0, 0.05) is 5.38 Å². The molecule has 0 saturated carbocycles. The average molecular weight is 245 g/mol. The molecular formula is C11H7N3O2S. The number of nitrogens with zero attached hydrogens (tertiary/aromatic N) is 2. The molecule has 0 fully saturated rings. The maximum atomic E-state index is 11.8. The topological polar surface area (TPSA) is 67.2 Å². The van der Waals surface area contributed by atoms with Crippen LogP contribution in [0.4, 0.5) is 0 Å². The SMILES string of the molecule is O=c1[nH]nc2scc(-c3ccccc3)n2c1=O. The Morgan fingerprint density at radius 3 is 2.71 bits per heavy atom. The fourth-order valence-electron chi connectivity index (χ4n) is 1.64. The molecule has 0 spiro atoms. The lowest BCUT2D eigenvalue weighted by Crippen LogP contribution is -2.33. The molecule has 2 aromatic heterocycles. The summed E-state index contributed by atoms with van der Waals surface area (Å²) < 4.78 is 1.33. The molecule has 84 valence electrons. The Bertz CT molecular complexity index is 786. The van der Waals surface area contributed by atoms with Crippen LogP contribution in [-0.4, -0.2) is 14.6 Å². The van der Waals surface area contributed by atoms with Gasteiger partial charge in [-0.3, -0.25) is 9.59 Å². The number of benzene rings is 1. The molecular weight excluding hydrogens is 238 g/mol. The molecule has 0 aliphatic carbocycles. The normalized spacial score (nSPS) is 10.8. The van der Waals surface area contributed by atoms with Gasteiger partial charge in [0.1, 0.15) is 0 Å². The lowest BCUT2D eigenvalue weighted by Gasteiger charge is -1.99. The molecule has 0 bridgehead atoms. The van der Waals surface area contributed by atoms with Gasteiger partial charge in [-0.1, -0.05) is 30.3 Å². The summed E-state index contributed by atoms with van der Waals surface area (Å²) in [5.74, 6) is 0. The van der Waals surface area contributed by atoms with Crippen LogP contribution in [0.15, 0.2) is 45.3 Å². The second kappa shape index (κ2) is 3.67. The maximum absolute atomic E-state index is 11.8. The Balaban J connectivity index is 2.44. The minimum absolute atomic E-state index is 0.480. The van der Waals surface area contributed by atoms with E-state index in [0.29, 0.717) is 10.7 Å². The van der Waals surface area contributed by atoms with Crippen molar-refractivity contribution in [3.05, 3.63) is 56.4 Å². The number of hydrogen-bond acceptors (Lipinski definition) is 4. The molecule has 0 atom stereocenters. The van der Waals surface area contributed by atoms with E-state index in [2.05, 4.69) is 10.2 Å². The van der Waals surface area contributed by atoms with Crippen molar-refractivity contribution < 1.29 is 0 Å². The van der Waals surface area contributed by atoms with Crippen molar-refractivity contribution in [2.75, 3.05) is 0 Å². The molecule has 0 unspecified atom stereocenters. The first-order valence-electron chi connectivity index (χ1n) is 4.92. The quantitative estimate of drug-likeness (QED) is 0.653. The Labute approximate surface area is 99.0 Å². The lowest BCUT2D eigenvalue weighted by atomic mass is 10.2. The molecule has 1 aromatic carbocycles. The van der Waals surface area contributed by atoms with Crippen LogP contribution < -0.4 is 11.1 Å². The van der Waals surface area contributed by atoms with Gasteiger partial charge in [-0.2, -0.15) is 0 Å². The zero-order chi connectivity index (χ0) is 11.8. The summed E-state index contributed by atoms with van der Waals surface area (Å²) >= 11 is 1.31. The van der Waals surface area contributed by atoms with Gasteiger partial charge < -0.3 is 0 Å². The van der Waals surface area contributed by atoms with Crippen molar-refractivity contribution in [2.45, 2.75) is 0 Å². The highest BCUT2D eigenvalue weighted by Gasteiger charge is 2.10. The van der Waals surface area contributed by atoms with Gasteiger partial charge in [0.15, 0.2) is 0 Å². The molecule has 3 aromatic rings. The van der Waals surface area contributed by atoms with E-state index in [1.54, 1.807) is 0 Å². The Morgan fingerprint density at radius 1 is 1.18 bits per heavy atom. The monoisotopic (exact) mass is 245 g/mol. The van der Waals surface area contributed by atoms with Crippen LogP contribution in [0.5, 0.6) is 0 Å². The predicted molar refractivity (Wildman–Crippen MR) is 65.4 cm³/mol. The highest BCUT2D eigenvalue weighted by molar-refractivity contribution is 7.15. The number of aromatic nitrogens is 3. The molecule has 0 radical (unpaired) electrons. The van der Waals surface area contributed by atoms with Crippen LogP contribution in [-0.2, 0) is 0 Å². The molecule has 0 aliphatic rings. The van der Waals surface area contributed by atoms with E-state index >= 15 is 0 Å². The van der Waals surface area contributed by atoms with E-state index in [4.69, 9.17) is 0 Å². The van der Waals surface area contributed by atoms with E-state index in [1.807, 2.05) is 35.7 Å². The third kappa shape index (κ3) is 1.50. The van der Waals surface area contributed by atoms with Gasteiger partial charge in [0.2, 0.25) is 4.96 Å². The lowest BCUT2D eigenvalue weighted by molar-refractivity contribution is 0.916. The molecule has 0 saturated heterocycles. The number of aromatic amines is 1. The second-order valence-electron chi connectivity index (χ2n) is 3.46. The van der Waals surface area contributed by atoms with Crippen molar-refractivity contribution in [3.8, 4) is 11.3 Å². The molecule has 0 aliphatic heterocycles. The van der Waals surface area contributed by atoms with Crippen LogP contribution >= 0.6 is 11.3 Å². The smallest absolute Gasteiger partial charge is 0.262 e. The van der Waals surface area contributed by atoms with Crippen molar-refractivity contribution in [1.82, 2.24) is 14.6 Å². The largest absolute Gasteiger partial charge is 0.330 e. The maximum Gasteiger partial charge on any atom is 0.330 e. The fraction of sp³-hybridized carbons (Fsp3) is 0. The Morgan fingerprint density at radius 2 is 1.94 bits per heavy atom. The Kier molecular flexibility index (Phi) is 2.15. The molecule has 17 heavy (non-hydrogen) atoms. The van der Waals surface area contributed by atoms with E-state index in [0.717, 1.165) is 5.56 Å². The van der Waals surface area contributed by atoms with Gasteiger partial charge in [0.05, 0.1) is 5.69 Å². The average Bonchev–Trinajstić information content (AvgIpc) is 2.79. The first-order chi connectivity index (χ1) is 8.27. The summed E-state index contributed by atoms with van der Waals surface area (Å²) in [5, 5.41) is 7.82. The van der Waals surface area contributed by atoms with E-state index in [-0.39, 0.29) is 0 Å². The second-order valence-corrected chi connectivity index (χ2v) is 4.30. The summed E-state index contributed by atoms with van der Waals surface area (Å²) in [5.41, 5.74) is 0.260. The van der Waals surface area contributed by atoms with Crippen LogP contribution in [0.2, 0.25) is 0 Å². The number of thiazole rings is 1. The summed E-state index contributed by atoms with van der Waals surface area (Å²) in [7, 11) is 0. The molecule has 0 amide bonds. The zero-order valence-corrected chi connectivity index (χ0v) is 9.40.